The van der Waals surface area contributed by atoms with E-state index in [2.05, 4.69) is 15.6 Å². The molecule has 0 unspecified atom stereocenters. The average molecular weight is 490 g/mol. The Kier molecular flexibility index (Phi) is 5.87. The number of ether oxygens (including phenoxy) is 2. The molecule has 0 radical (unpaired) electrons. The number of carbonyl (C=O) groups excluding carboxylic acids is 2. The van der Waals surface area contributed by atoms with Crippen LogP contribution in [0.25, 0.3) is 5.69 Å². The maximum absolute atomic E-state index is 14.8. The number of nitrogens with zero attached hydrogens (tertiary/aromatic N) is 2. The Bertz CT molecular complexity index is 1550. The summed E-state index contributed by atoms with van der Waals surface area (Å²) in [5.41, 5.74) is -0.353. The fraction of sp³-hybridized carbons (Fsp3) is 0.0400. The van der Waals surface area contributed by atoms with Crippen LogP contribution < -0.4 is 25.7 Å². The van der Waals surface area contributed by atoms with Crippen LogP contribution >= 0.6 is 0 Å². The highest BCUT2D eigenvalue weighted by molar-refractivity contribution is 6.04. The number of amides is 2. The first-order valence-corrected chi connectivity index (χ1v) is 10.6. The molecule has 4 aromatic rings. The zero-order chi connectivity index (χ0) is 25.2. The predicted molar refractivity (Wildman–Crippen MR) is 125 cm³/mol. The van der Waals surface area contributed by atoms with Gasteiger partial charge in [-0.3, -0.25) is 19.0 Å². The van der Waals surface area contributed by atoms with Crippen LogP contribution in [0, 0.1) is 11.6 Å². The standard InChI is InChI=1S/C25H16F2N4O5/c26-14-3-6-16(7-4-14)31-11-1-2-17(25(31)34)24(33)29-15-5-8-19(18(27)12-15)36-20-9-10-28-23-22(20)35-13-21(32)30-23/h1-12H,13H2,(H,29,33)(H,28,30,32). The van der Waals surface area contributed by atoms with Crippen LogP contribution in [0.1, 0.15) is 10.4 Å². The van der Waals surface area contributed by atoms with Gasteiger partial charge in [-0.1, -0.05) is 0 Å². The van der Waals surface area contributed by atoms with Crippen molar-refractivity contribution in [1.82, 2.24) is 9.55 Å². The maximum atomic E-state index is 14.8. The lowest BCUT2D eigenvalue weighted by Crippen LogP contribution is -2.27. The molecule has 2 aromatic carbocycles. The molecule has 11 heteroatoms. The number of aromatic nitrogens is 2. The van der Waals surface area contributed by atoms with Crippen LogP contribution in [-0.4, -0.2) is 28.0 Å². The molecule has 0 aliphatic carbocycles. The van der Waals surface area contributed by atoms with Gasteiger partial charge in [0.05, 0.1) is 0 Å². The SMILES string of the molecule is O=C1COc2c(Oc3ccc(NC(=O)c4cccn(-c5ccc(F)cc5)c4=O)cc3F)ccnc2N1. The van der Waals surface area contributed by atoms with Gasteiger partial charge in [-0.15, -0.1) is 0 Å². The van der Waals surface area contributed by atoms with Crippen LogP contribution in [0.4, 0.5) is 20.3 Å². The van der Waals surface area contributed by atoms with Gasteiger partial charge in [0.25, 0.3) is 17.4 Å². The smallest absolute Gasteiger partial charge is 0.267 e. The van der Waals surface area contributed by atoms with Gasteiger partial charge in [0.2, 0.25) is 5.75 Å². The van der Waals surface area contributed by atoms with Crippen molar-refractivity contribution in [3.05, 3.63) is 101 Å². The van der Waals surface area contributed by atoms with Crippen molar-refractivity contribution in [1.29, 1.82) is 0 Å². The topological polar surface area (TPSA) is 112 Å². The Balaban J connectivity index is 1.35. The summed E-state index contributed by atoms with van der Waals surface area (Å²) < 4.78 is 40.1. The monoisotopic (exact) mass is 490 g/mol. The number of benzene rings is 2. The summed E-state index contributed by atoms with van der Waals surface area (Å²) in [6.07, 6.45) is 2.82. The first kappa shape index (κ1) is 22.7. The fourth-order valence-corrected chi connectivity index (χ4v) is 3.50. The summed E-state index contributed by atoms with van der Waals surface area (Å²) in [4.78, 5) is 41.0. The third-order valence-corrected chi connectivity index (χ3v) is 5.18. The summed E-state index contributed by atoms with van der Waals surface area (Å²) in [6.45, 7) is -0.231. The lowest BCUT2D eigenvalue weighted by Gasteiger charge is -2.19. The molecule has 1 aliphatic heterocycles. The number of nitrogens with one attached hydrogen (secondary N) is 2. The van der Waals surface area contributed by atoms with Crippen molar-refractivity contribution >= 4 is 23.3 Å². The van der Waals surface area contributed by atoms with E-state index in [-0.39, 0.29) is 46.8 Å². The molecule has 2 amide bonds. The molecule has 5 rings (SSSR count). The predicted octanol–water partition coefficient (Wildman–Crippen LogP) is 3.89. The second kappa shape index (κ2) is 9.29. The number of hydrogen-bond donors (Lipinski definition) is 2. The van der Waals surface area contributed by atoms with Gasteiger partial charge in [-0.2, -0.15) is 0 Å². The number of hydrogen-bond acceptors (Lipinski definition) is 6. The second-order valence-corrected chi connectivity index (χ2v) is 7.60. The van der Waals surface area contributed by atoms with E-state index >= 15 is 0 Å². The fourth-order valence-electron chi connectivity index (χ4n) is 3.50. The van der Waals surface area contributed by atoms with E-state index < -0.39 is 23.1 Å². The molecule has 9 nitrogen and oxygen atoms in total. The van der Waals surface area contributed by atoms with Gasteiger partial charge in [-0.05, 0) is 48.5 Å². The summed E-state index contributed by atoms with van der Waals surface area (Å²) in [7, 11) is 0. The third-order valence-electron chi connectivity index (χ3n) is 5.18. The number of anilines is 2. The average Bonchev–Trinajstić information content (AvgIpc) is 2.86. The van der Waals surface area contributed by atoms with Crippen molar-refractivity contribution < 1.29 is 27.8 Å². The number of pyridine rings is 2. The molecule has 0 spiro atoms. The third kappa shape index (κ3) is 4.49. The van der Waals surface area contributed by atoms with Gasteiger partial charge < -0.3 is 20.1 Å². The van der Waals surface area contributed by atoms with Crippen LogP contribution in [0.2, 0.25) is 0 Å². The Morgan fingerprint density at radius 1 is 1.06 bits per heavy atom. The minimum atomic E-state index is -0.796. The van der Waals surface area contributed by atoms with Crippen molar-refractivity contribution in [3.63, 3.8) is 0 Å². The highest BCUT2D eigenvalue weighted by Gasteiger charge is 2.22. The summed E-state index contributed by atoms with van der Waals surface area (Å²) in [5, 5.41) is 5.01. The van der Waals surface area contributed by atoms with E-state index in [1.54, 1.807) is 0 Å². The Morgan fingerprint density at radius 2 is 1.86 bits per heavy atom. The van der Waals surface area contributed by atoms with E-state index in [0.717, 1.165) is 6.07 Å². The molecule has 0 fully saturated rings. The molecule has 2 aromatic heterocycles. The number of fused-ring (bicyclic) bond motifs is 1. The van der Waals surface area contributed by atoms with Gasteiger partial charge in [0.15, 0.2) is 29.7 Å². The number of carbonyl (C=O) groups is 2. The summed E-state index contributed by atoms with van der Waals surface area (Å²) >= 11 is 0. The van der Waals surface area contributed by atoms with Crippen LogP contribution in [0.15, 0.2) is 77.9 Å². The molecular formula is C25H16F2N4O5. The lowest BCUT2D eigenvalue weighted by molar-refractivity contribution is -0.118. The van der Waals surface area contributed by atoms with E-state index in [9.17, 15) is 23.2 Å². The highest BCUT2D eigenvalue weighted by atomic mass is 19.1. The molecule has 0 saturated carbocycles. The minimum Gasteiger partial charge on any atom is -0.476 e. The Labute approximate surface area is 201 Å². The van der Waals surface area contributed by atoms with E-state index in [4.69, 9.17) is 9.47 Å². The van der Waals surface area contributed by atoms with Crippen molar-refractivity contribution in [2.24, 2.45) is 0 Å². The number of halogens is 2. The molecule has 0 bridgehead atoms. The molecule has 3 heterocycles. The van der Waals surface area contributed by atoms with Crippen LogP contribution in [0.3, 0.4) is 0 Å². The van der Waals surface area contributed by atoms with E-state index in [1.165, 1.54) is 71.6 Å². The Morgan fingerprint density at radius 3 is 2.64 bits per heavy atom. The maximum Gasteiger partial charge on any atom is 0.267 e. The van der Waals surface area contributed by atoms with Gasteiger partial charge >= 0.3 is 0 Å². The van der Waals surface area contributed by atoms with Gasteiger partial charge in [0.1, 0.15) is 11.4 Å². The minimum absolute atomic E-state index is 0.0849. The summed E-state index contributed by atoms with van der Waals surface area (Å²) in [5.74, 6) is -2.09. The molecular weight excluding hydrogens is 474 g/mol. The van der Waals surface area contributed by atoms with Gasteiger partial charge in [0, 0.05) is 35.9 Å². The zero-order valence-electron chi connectivity index (χ0n) is 18.3. The normalized spacial score (nSPS) is 12.2. The van der Waals surface area contributed by atoms with E-state index in [0.29, 0.717) is 5.69 Å². The zero-order valence-corrected chi connectivity index (χ0v) is 18.3. The van der Waals surface area contributed by atoms with Crippen LogP contribution in [0.5, 0.6) is 17.2 Å². The first-order chi connectivity index (χ1) is 17.4. The molecule has 1 aliphatic rings. The molecule has 2 N–H and O–H groups in total. The molecule has 0 atom stereocenters. The largest absolute Gasteiger partial charge is 0.476 e. The molecule has 180 valence electrons. The lowest BCUT2D eigenvalue weighted by atomic mass is 10.2. The van der Waals surface area contributed by atoms with Crippen molar-refractivity contribution in [2.45, 2.75) is 0 Å². The Hall–Kier alpha value is -5.06. The molecule has 0 saturated heterocycles. The first-order valence-electron chi connectivity index (χ1n) is 10.6. The van der Waals surface area contributed by atoms with Crippen molar-refractivity contribution in [2.75, 3.05) is 17.2 Å². The summed E-state index contributed by atoms with van der Waals surface area (Å²) in [6, 6.07) is 13.2. The second-order valence-electron chi connectivity index (χ2n) is 7.60. The quantitative estimate of drug-likeness (QED) is 0.439. The van der Waals surface area contributed by atoms with Crippen molar-refractivity contribution in [3.8, 4) is 22.9 Å². The van der Waals surface area contributed by atoms with E-state index in [1.807, 2.05) is 0 Å². The number of rotatable bonds is 5. The highest BCUT2D eigenvalue weighted by Crippen LogP contribution is 2.39. The molecule has 36 heavy (non-hydrogen) atoms. The van der Waals surface area contributed by atoms with Gasteiger partial charge in [-0.25, -0.2) is 13.8 Å². The van der Waals surface area contributed by atoms with Crippen LogP contribution in [-0.2, 0) is 4.79 Å².